The van der Waals surface area contributed by atoms with Gasteiger partial charge in [-0.25, -0.2) is 9.79 Å². The fourth-order valence-electron chi connectivity index (χ4n) is 4.45. The van der Waals surface area contributed by atoms with Crippen LogP contribution in [0.25, 0.3) is 17.0 Å². The largest absolute Gasteiger partial charge is 0.463 e. The summed E-state index contributed by atoms with van der Waals surface area (Å²) in [5.74, 6) is -0.613. The molecule has 0 amide bonds. The molecule has 0 bridgehead atoms. The van der Waals surface area contributed by atoms with Crippen LogP contribution in [0.15, 0.2) is 69.7 Å². The molecule has 0 fully saturated rings. The van der Waals surface area contributed by atoms with Crippen molar-refractivity contribution < 1.29 is 14.5 Å². The summed E-state index contributed by atoms with van der Waals surface area (Å²) < 4.78 is 7.15. The van der Waals surface area contributed by atoms with Crippen molar-refractivity contribution in [1.82, 2.24) is 9.55 Å². The number of aryl methyl sites for hydroxylation is 1. The van der Waals surface area contributed by atoms with Crippen molar-refractivity contribution in [2.24, 2.45) is 4.99 Å². The topological polar surface area (TPSA) is 120 Å². The van der Waals surface area contributed by atoms with E-state index in [1.54, 1.807) is 39.0 Å². The Bertz CT molecular complexity index is 1760. The molecule has 1 N–H and O–H groups in total. The van der Waals surface area contributed by atoms with E-state index in [0.29, 0.717) is 26.2 Å². The summed E-state index contributed by atoms with van der Waals surface area (Å²) in [6.45, 7) is 5.15. The van der Waals surface area contributed by atoms with Gasteiger partial charge < -0.3 is 9.72 Å². The lowest BCUT2D eigenvalue weighted by Crippen LogP contribution is -2.40. The number of aromatic amines is 1. The maximum atomic E-state index is 13.7. The van der Waals surface area contributed by atoms with Crippen molar-refractivity contribution in [3.63, 3.8) is 0 Å². The number of fused-ring (bicyclic) bond motifs is 2. The van der Waals surface area contributed by atoms with Crippen molar-refractivity contribution in [1.29, 1.82) is 0 Å². The third-order valence-electron chi connectivity index (χ3n) is 6.17. The van der Waals surface area contributed by atoms with E-state index < -0.39 is 16.9 Å². The van der Waals surface area contributed by atoms with Crippen molar-refractivity contribution in [3.8, 4) is 0 Å². The first-order valence-corrected chi connectivity index (χ1v) is 12.1. The van der Waals surface area contributed by atoms with Crippen LogP contribution in [0.4, 0.5) is 5.69 Å². The lowest BCUT2D eigenvalue weighted by atomic mass is 9.94. The van der Waals surface area contributed by atoms with Gasteiger partial charge >= 0.3 is 5.97 Å². The Kier molecular flexibility index (Phi) is 5.89. The second-order valence-electron chi connectivity index (χ2n) is 8.39. The molecule has 1 aliphatic heterocycles. The first-order chi connectivity index (χ1) is 17.3. The average Bonchev–Trinajstić information content (AvgIpc) is 3.39. The molecular formula is C26H22N4O5S. The molecule has 0 unspecified atom stereocenters. The summed E-state index contributed by atoms with van der Waals surface area (Å²) in [6.07, 6.45) is 3.62. The molecule has 0 spiro atoms. The highest BCUT2D eigenvalue weighted by Gasteiger charge is 2.34. The number of carbonyl (C=O) groups excluding carboxylic acids is 1. The zero-order chi connectivity index (χ0) is 25.6. The molecule has 0 saturated carbocycles. The van der Waals surface area contributed by atoms with Crippen LogP contribution in [-0.4, -0.2) is 27.1 Å². The van der Waals surface area contributed by atoms with Crippen LogP contribution in [-0.2, 0) is 9.53 Å². The number of thiazole rings is 1. The Morgan fingerprint density at radius 2 is 2.06 bits per heavy atom. The lowest BCUT2D eigenvalue weighted by Gasteiger charge is -2.24. The van der Waals surface area contributed by atoms with Gasteiger partial charge in [-0.2, -0.15) is 0 Å². The second kappa shape index (κ2) is 9.04. The molecule has 4 aromatic rings. The van der Waals surface area contributed by atoms with E-state index in [0.717, 1.165) is 16.5 Å². The van der Waals surface area contributed by atoms with Crippen LogP contribution < -0.4 is 14.9 Å². The molecule has 0 radical (unpaired) electrons. The molecule has 2 aromatic carbocycles. The minimum absolute atomic E-state index is 0.0914. The van der Waals surface area contributed by atoms with Gasteiger partial charge in [0, 0.05) is 34.3 Å². The summed E-state index contributed by atoms with van der Waals surface area (Å²) >= 11 is 1.21. The van der Waals surface area contributed by atoms with Crippen molar-refractivity contribution in [2.75, 3.05) is 6.61 Å². The van der Waals surface area contributed by atoms with Gasteiger partial charge in [-0.15, -0.1) is 0 Å². The molecule has 0 aliphatic carbocycles. The molecule has 36 heavy (non-hydrogen) atoms. The molecule has 1 aliphatic rings. The number of hydrogen-bond donors (Lipinski definition) is 1. The number of H-pyrrole nitrogens is 1. The number of aromatic nitrogens is 2. The van der Waals surface area contributed by atoms with E-state index >= 15 is 0 Å². The third kappa shape index (κ3) is 3.85. The second-order valence-corrected chi connectivity index (χ2v) is 9.40. The first-order valence-electron chi connectivity index (χ1n) is 11.3. The van der Waals surface area contributed by atoms with E-state index in [4.69, 9.17) is 4.74 Å². The number of esters is 1. The van der Waals surface area contributed by atoms with Crippen LogP contribution in [0, 0.1) is 17.0 Å². The van der Waals surface area contributed by atoms with Crippen molar-refractivity contribution >= 4 is 40.0 Å². The van der Waals surface area contributed by atoms with Gasteiger partial charge in [-0.1, -0.05) is 41.7 Å². The average molecular weight is 503 g/mol. The van der Waals surface area contributed by atoms with Gasteiger partial charge in [-0.3, -0.25) is 19.5 Å². The molecular weight excluding hydrogens is 480 g/mol. The summed E-state index contributed by atoms with van der Waals surface area (Å²) in [7, 11) is 0. The smallest absolute Gasteiger partial charge is 0.338 e. The van der Waals surface area contributed by atoms with Crippen LogP contribution in [0.1, 0.15) is 36.6 Å². The van der Waals surface area contributed by atoms with E-state index in [1.165, 1.54) is 22.0 Å². The molecule has 10 heteroatoms. The predicted molar refractivity (Wildman–Crippen MR) is 137 cm³/mol. The van der Waals surface area contributed by atoms with Gasteiger partial charge in [0.1, 0.15) is 0 Å². The molecule has 9 nitrogen and oxygen atoms in total. The number of hydrogen-bond acceptors (Lipinski definition) is 7. The Hall–Kier alpha value is -4.31. The molecule has 3 heterocycles. The van der Waals surface area contributed by atoms with Crippen molar-refractivity contribution in [2.45, 2.75) is 26.8 Å². The molecule has 1 atom stereocenters. The number of para-hydroxylation sites is 1. The Morgan fingerprint density at radius 3 is 2.81 bits per heavy atom. The predicted octanol–water partition coefficient (Wildman–Crippen LogP) is 3.50. The van der Waals surface area contributed by atoms with Gasteiger partial charge in [0.15, 0.2) is 4.80 Å². The maximum absolute atomic E-state index is 13.7. The Balaban J connectivity index is 1.76. The van der Waals surface area contributed by atoms with E-state index in [-0.39, 0.29) is 23.4 Å². The van der Waals surface area contributed by atoms with Gasteiger partial charge in [0.2, 0.25) is 0 Å². The van der Waals surface area contributed by atoms with Crippen LogP contribution in [0.3, 0.4) is 0 Å². The fourth-order valence-corrected chi connectivity index (χ4v) is 5.49. The number of nitrogens with one attached hydrogen (secondary N) is 1. The number of allylic oxidation sites excluding steroid dienone is 1. The van der Waals surface area contributed by atoms with E-state index in [2.05, 4.69) is 9.98 Å². The van der Waals surface area contributed by atoms with Gasteiger partial charge in [0.25, 0.3) is 11.2 Å². The first kappa shape index (κ1) is 23.4. The van der Waals surface area contributed by atoms with Gasteiger partial charge in [0.05, 0.1) is 33.4 Å². The standard InChI is InChI=1S/C26H22N4O5S/c1-4-35-25(32)22-15(3)28-26-29(23(22)16-10-9-14(2)20(11-16)30(33)34)24(31)21(36-26)12-17-13-27-19-8-6-5-7-18(17)19/h5-13,23,27H,4H2,1-3H3/b21-12+/t23-/m1/s1. The molecule has 182 valence electrons. The number of benzene rings is 2. The quantitative estimate of drug-likeness (QED) is 0.255. The number of nitrogens with zero attached hydrogens (tertiary/aromatic N) is 3. The Labute approximate surface area is 208 Å². The number of rotatable bonds is 5. The lowest BCUT2D eigenvalue weighted by molar-refractivity contribution is -0.385. The monoisotopic (exact) mass is 502 g/mol. The summed E-state index contributed by atoms with van der Waals surface area (Å²) in [5.41, 5.74) is 2.86. The summed E-state index contributed by atoms with van der Waals surface area (Å²) in [6, 6.07) is 11.6. The SMILES string of the molecule is CCOC(=O)C1=C(C)N=c2s/c(=C/c3c[nH]c4ccccc34)c(=O)n2[C@@H]1c1ccc(C)c([N+](=O)[O-])c1. The minimum Gasteiger partial charge on any atom is -0.463 e. The third-order valence-corrected chi connectivity index (χ3v) is 7.15. The van der Waals surface area contributed by atoms with Crippen LogP contribution >= 0.6 is 11.3 Å². The van der Waals surface area contributed by atoms with Gasteiger partial charge in [-0.05, 0) is 38.5 Å². The summed E-state index contributed by atoms with van der Waals surface area (Å²) in [5, 5.41) is 12.6. The van der Waals surface area contributed by atoms with Crippen LogP contribution in [0.2, 0.25) is 0 Å². The highest BCUT2D eigenvalue weighted by molar-refractivity contribution is 7.07. The van der Waals surface area contributed by atoms with Crippen LogP contribution in [0.5, 0.6) is 0 Å². The highest BCUT2D eigenvalue weighted by Crippen LogP contribution is 2.33. The molecule has 2 aromatic heterocycles. The number of ether oxygens (including phenoxy) is 1. The normalized spacial score (nSPS) is 15.6. The zero-order valence-electron chi connectivity index (χ0n) is 19.8. The zero-order valence-corrected chi connectivity index (χ0v) is 20.6. The highest BCUT2D eigenvalue weighted by atomic mass is 32.1. The molecule has 5 rings (SSSR count). The fraction of sp³-hybridized carbons (Fsp3) is 0.192. The maximum Gasteiger partial charge on any atom is 0.338 e. The van der Waals surface area contributed by atoms with E-state index in [1.807, 2.05) is 30.5 Å². The number of carbonyl (C=O) groups is 1. The number of nitro benzene ring substituents is 1. The molecule has 0 saturated heterocycles. The minimum atomic E-state index is -0.912. The van der Waals surface area contributed by atoms with E-state index in [9.17, 15) is 19.7 Å². The van der Waals surface area contributed by atoms with Crippen molar-refractivity contribution in [3.05, 3.63) is 106 Å². The Morgan fingerprint density at radius 1 is 1.28 bits per heavy atom. The number of nitro groups is 1. The summed E-state index contributed by atoms with van der Waals surface area (Å²) in [4.78, 5) is 46.1.